The molecule has 19 heavy (non-hydrogen) atoms. The van der Waals surface area contributed by atoms with Crippen LogP contribution in [0, 0.1) is 5.82 Å². The second-order valence-electron chi connectivity index (χ2n) is 4.16. The fourth-order valence-corrected chi connectivity index (χ4v) is 2.88. The molecule has 0 aliphatic rings. The van der Waals surface area contributed by atoms with Crippen LogP contribution in [-0.2, 0) is 6.61 Å². The number of ether oxygens (including phenoxy) is 1. The predicted octanol–water partition coefficient (Wildman–Crippen LogP) is 4.33. The fourth-order valence-electron chi connectivity index (χ4n) is 1.92. The molecule has 96 valence electrons. The number of fused-ring (bicyclic) bond motifs is 1. The normalized spacial score (nSPS) is 10.8. The van der Waals surface area contributed by atoms with Crippen molar-refractivity contribution >= 4 is 21.4 Å². The van der Waals surface area contributed by atoms with Gasteiger partial charge in [0.15, 0.2) is 0 Å². The molecule has 1 aromatic heterocycles. The molecule has 0 radical (unpaired) electrons. The van der Waals surface area contributed by atoms with Crippen molar-refractivity contribution in [2.24, 2.45) is 0 Å². The summed E-state index contributed by atoms with van der Waals surface area (Å²) in [5.41, 5.74) is 0.839. The minimum atomic E-state index is -0.219. The Labute approximate surface area is 113 Å². The Hall–Kier alpha value is -2.07. The quantitative estimate of drug-likeness (QED) is 0.770. The van der Waals surface area contributed by atoms with E-state index in [-0.39, 0.29) is 11.6 Å². The third-order valence-electron chi connectivity index (χ3n) is 2.86. The van der Waals surface area contributed by atoms with E-state index in [0.29, 0.717) is 17.7 Å². The van der Waals surface area contributed by atoms with Gasteiger partial charge >= 0.3 is 0 Å². The first-order chi connectivity index (χ1) is 9.24. The van der Waals surface area contributed by atoms with Crippen LogP contribution in [0.1, 0.15) is 5.56 Å². The van der Waals surface area contributed by atoms with Crippen molar-refractivity contribution in [2.75, 3.05) is 0 Å². The molecule has 0 bridgehead atoms. The van der Waals surface area contributed by atoms with Gasteiger partial charge in [-0.15, -0.1) is 11.3 Å². The van der Waals surface area contributed by atoms with E-state index < -0.39 is 0 Å². The lowest BCUT2D eigenvalue weighted by Crippen LogP contribution is -1.94. The van der Waals surface area contributed by atoms with E-state index in [1.165, 1.54) is 17.4 Å². The van der Waals surface area contributed by atoms with Crippen LogP contribution in [0.4, 0.5) is 4.39 Å². The van der Waals surface area contributed by atoms with E-state index in [1.54, 1.807) is 30.3 Å². The summed E-state index contributed by atoms with van der Waals surface area (Å²) in [6.07, 6.45) is 0. The van der Waals surface area contributed by atoms with Gasteiger partial charge < -0.3 is 9.84 Å². The summed E-state index contributed by atoms with van der Waals surface area (Å²) in [6.45, 7) is 0.311. The summed E-state index contributed by atoms with van der Waals surface area (Å²) in [5.74, 6) is 0.621. The lowest BCUT2D eigenvalue weighted by molar-refractivity contribution is 0.307. The highest BCUT2D eigenvalue weighted by molar-refractivity contribution is 7.17. The minimum Gasteiger partial charge on any atom is -0.508 e. The molecule has 0 fully saturated rings. The van der Waals surface area contributed by atoms with E-state index in [9.17, 15) is 9.50 Å². The Morgan fingerprint density at radius 3 is 2.68 bits per heavy atom. The monoisotopic (exact) mass is 274 g/mol. The first-order valence-corrected chi connectivity index (χ1v) is 6.68. The van der Waals surface area contributed by atoms with E-state index in [4.69, 9.17) is 4.74 Å². The molecule has 1 N–H and O–H groups in total. The molecule has 0 atom stereocenters. The predicted molar refractivity (Wildman–Crippen MR) is 74.2 cm³/mol. The van der Waals surface area contributed by atoms with E-state index >= 15 is 0 Å². The average Bonchev–Trinajstić information content (AvgIpc) is 2.83. The number of phenolic OH excluding ortho intramolecular Hbond substituents is 1. The lowest BCUT2D eigenvalue weighted by atomic mass is 10.2. The largest absolute Gasteiger partial charge is 0.508 e. The number of rotatable bonds is 3. The highest BCUT2D eigenvalue weighted by Gasteiger charge is 2.09. The van der Waals surface area contributed by atoms with Crippen LogP contribution in [0.5, 0.6) is 11.5 Å². The Morgan fingerprint density at radius 1 is 1.11 bits per heavy atom. The van der Waals surface area contributed by atoms with Crippen LogP contribution in [0.15, 0.2) is 47.8 Å². The Balaban J connectivity index is 1.84. The maximum atomic E-state index is 13.8. The zero-order chi connectivity index (χ0) is 13.2. The van der Waals surface area contributed by atoms with Gasteiger partial charge in [-0.05, 0) is 41.8 Å². The zero-order valence-corrected chi connectivity index (χ0v) is 10.8. The van der Waals surface area contributed by atoms with Gasteiger partial charge in [-0.3, -0.25) is 0 Å². The second kappa shape index (κ2) is 4.90. The van der Waals surface area contributed by atoms with Crippen molar-refractivity contribution in [1.29, 1.82) is 0 Å². The smallest absolute Gasteiger partial charge is 0.132 e. The molecule has 3 aromatic rings. The van der Waals surface area contributed by atoms with Crippen molar-refractivity contribution in [3.05, 3.63) is 59.2 Å². The first kappa shape index (κ1) is 12.0. The first-order valence-electron chi connectivity index (χ1n) is 5.80. The molecule has 1 heterocycles. The van der Waals surface area contributed by atoms with Crippen LogP contribution in [0.3, 0.4) is 0 Å². The van der Waals surface area contributed by atoms with Crippen molar-refractivity contribution < 1.29 is 14.2 Å². The van der Waals surface area contributed by atoms with Crippen molar-refractivity contribution in [2.45, 2.75) is 6.61 Å². The molecular weight excluding hydrogens is 263 g/mol. The third-order valence-corrected chi connectivity index (χ3v) is 3.85. The average molecular weight is 274 g/mol. The van der Waals surface area contributed by atoms with Crippen molar-refractivity contribution in [3.8, 4) is 11.5 Å². The van der Waals surface area contributed by atoms with Crippen LogP contribution < -0.4 is 4.74 Å². The summed E-state index contributed by atoms with van der Waals surface area (Å²) in [5, 5.41) is 11.7. The molecule has 4 heteroatoms. The van der Waals surface area contributed by atoms with Crippen molar-refractivity contribution in [3.63, 3.8) is 0 Å². The number of hydrogen-bond acceptors (Lipinski definition) is 3. The molecule has 2 nitrogen and oxygen atoms in total. The molecule has 0 saturated carbocycles. The molecule has 3 rings (SSSR count). The highest BCUT2D eigenvalue weighted by Crippen LogP contribution is 2.29. The summed E-state index contributed by atoms with van der Waals surface area (Å²) in [4.78, 5) is 0. The summed E-state index contributed by atoms with van der Waals surface area (Å²) < 4.78 is 20.3. The lowest BCUT2D eigenvalue weighted by Gasteiger charge is -2.05. The molecule has 2 aromatic carbocycles. The zero-order valence-electron chi connectivity index (χ0n) is 9.97. The molecule has 0 saturated heterocycles. The van der Waals surface area contributed by atoms with Gasteiger partial charge in [-0.25, -0.2) is 4.39 Å². The number of aromatic hydroxyl groups is 1. The van der Waals surface area contributed by atoms with E-state index in [2.05, 4.69) is 0 Å². The standard InChI is InChI=1S/C15H11FO2S/c16-13-2-1-3-14-15(13)10(9-19-14)8-18-12-6-4-11(17)5-7-12/h1-7,9,17H,8H2. The number of phenols is 1. The second-order valence-corrected chi connectivity index (χ2v) is 5.07. The van der Waals surface area contributed by atoms with Gasteiger partial charge in [0.1, 0.15) is 23.9 Å². The van der Waals surface area contributed by atoms with Crippen LogP contribution >= 0.6 is 11.3 Å². The maximum Gasteiger partial charge on any atom is 0.132 e. The van der Waals surface area contributed by atoms with Crippen LogP contribution in [0.25, 0.3) is 10.1 Å². The molecule has 0 aliphatic heterocycles. The molecular formula is C15H11FO2S. The van der Waals surface area contributed by atoms with Gasteiger partial charge in [-0.2, -0.15) is 0 Å². The van der Waals surface area contributed by atoms with Crippen molar-refractivity contribution in [1.82, 2.24) is 0 Å². The molecule has 0 amide bonds. The Morgan fingerprint density at radius 2 is 1.89 bits per heavy atom. The minimum absolute atomic E-state index is 0.194. The Kier molecular flexibility index (Phi) is 3.09. The van der Waals surface area contributed by atoms with Crippen LogP contribution in [0.2, 0.25) is 0 Å². The SMILES string of the molecule is Oc1ccc(OCc2csc3cccc(F)c23)cc1. The van der Waals surface area contributed by atoms with Gasteiger partial charge in [0.25, 0.3) is 0 Å². The Bertz CT molecular complexity index is 704. The van der Waals surface area contributed by atoms with E-state index in [1.807, 2.05) is 11.4 Å². The summed E-state index contributed by atoms with van der Waals surface area (Å²) in [7, 11) is 0. The summed E-state index contributed by atoms with van der Waals surface area (Å²) in [6, 6.07) is 11.5. The number of halogens is 1. The van der Waals surface area contributed by atoms with Gasteiger partial charge in [-0.1, -0.05) is 6.07 Å². The number of thiophene rings is 1. The van der Waals surface area contributed by atoms with Crippen LogP contribution in [-0.4, -0.2) is 5.11 Å². The fraction of sp³-hybridized carbons (Fsp3) is 0.0667. The summed E-state index contributed by atoms with van der Waals surface area (Å²) >= 11 is 1.51. The molecule has 0 spiro atoms. The topological polar surface area (TPSA) is 29.5 Å². The maximum absolute atomic E-state index is 13.8. The van der Waals surface area contributed by atoms with Gasteiger partial charge in [0.2, 0.25) is 0 Å². The molecule has 0 aliphatic carbocycles. The number of benzene rings is 2. The van der Waals surface area contributed by atoms with Gasteiger partial charge in [0, 0.05) is 15.6 Å². The van der Waals surface area contributed by atoms with E-state index in [0.717, 1.165) is 10.3 Å². The third kappa shape index (κ3) is 2.39. The molecule has 0 unspecified atom stereocenters. The highest BCUT2D eigenvalue weighted by atomic mass is 32.1. The number of hydrogen-bond donors (Lipinski definition) is 1. The van der Waals surface area contributed by atoms with Gasteiger partial charge in [0.05, 0.1) is 0 Å².